The van der Waals surface area contributed by atoms with Gasteiger partial charge in [0, 0.05) is 17.7 Å². The molecule has 0 bridgehead atoms. The van der Waals surface area contributed by atoms with Gasteiger partial charge in [-0.3, -0.25) is 4.79 Å². The van der Waals surface area contributed by atoms with Crippen LogP contribution in [0.4, 0.5) is 0 Å². The third-order valence-electron chi connectivity index (χ3n) is 3.77. The Kier molecular flexibility index (Phi) is 5.50. The predicted molar refractivity (Wildman–Crippen MR) is 86.2 cm³/mol. The summed E-state index contributed by atoms with van der Waals surface area (Å²) in [5.41, 5.74) is 2.91. The molecule has 0 spiro atoms. The van der Waals surface area contributed by atoms with Crippen molar-refractivity contribution in [1.29, 1.82) is 0 Å². The molecule has 0 saturated heterocycles. The molecule has 0 atom stereocenters. The number of carbonyl (C=O) groups is 1. The summed E-state index contributed by atoms with van der Waals surface area (Å²) in [7, 11) is 1.65. The fourth-order valence-corrected chi connectivity index (χ4v) is 2.51. The normalized spacial score (nSPS) is 10.2. The quantitative estimate of drug-likeness (QED) is 0.488. The standard InChI is InChI=1S/C19H18NO2.BrH/c1-14-5-7-15(8-6-14)19(21)13-20-11-3-4-16-12-17(22-2)9-10-18(16)20;/h3-12H,13H2,1-2H3;1H/q+1;/p-1. The maximum atomic E-state index is 12.4. The third-order valence-corrected chi connectivity index (χ3v) is 3.77. The number of ketones is 1. The SMILES string of the molecule is COc1ccc2c(ccc[n+]2CC(=O)c2ccc(C)cc2)c1.[Br-]. The lowest BCUT2D eigenvalue weighted by Gasteiger charge is -2.04. The molecule has 3 aromatic rings. The van der Waals surface area contributed by atoms with Crippen molar-refractivity contribution >= 4 is 16.7 Å². The fourth-order valence-electron chi connectivity index (χ4n) is 2.51. The molecule has 0 aliphatic rings. The Morgan fingerprint density at radius 1 is 1.09 bits per heavy atom. The van der Waals surface area contributed by atoms with Crippen molar-refractivity contribution in [3.8, 4) is 5.75 Å². The molecule has 1 heterocycles. The van der Waals surface area contributed by atoms with Gasteiger partial charge in [-0.05, 0) is 25.1 Å². The molecule has 0 unspecified atom stereocenters. The second-order valence-corrected chi connectivity index (χ2v) is 5.35. The number of Topliss-reactive ketones (excluding diaryl/α,β-unsaturated/α-hetero) is 1. The van der Waals surface area contributed by atoms with E-state index in [2.05, 4.69) is 0 Å². The molecule has 0 saturated carbocycles. The Morgan fingerprint density at radius 2 is 1.83 bits per heavy atom. The molecule has 2 aromatic carbocycles. The van der Waals surface area contributed by atoms with E-state index >= 15 is 0 Å². The molecule has 1 aromatic heterocycles. The van der Waals surface area contributed by atoms with Gasteiger partial charge in [0.1, 0.15) is 5.75 Å². The Hall–Kier alpha value is -2.20. The molecule has 0 radical (unpaired) electrons. The molecule has 3 rings (SSSR count). The summed E-state index contributed by atoms with van der Waals surface area (Å²) < 4.78 is 7.22. The number of ether oxygens (including phenoxy) is 1. The lowest BCUT2D eigenvalue weighted by atomic mass is 10.1. The summed E-state index contributed by atoms with van der Waals surface area (Å²) in [5, 5.41) is 1.05. The number of hydrogen-bond acceptors (Lipinski definition) is 2. The second kappa shape index (κ2) is 7.38. The van der Waals surface area contributed by atoms with Crippen LogP contribution in [-0.2, 0) is 6.54 Å². The van der Waals surface area contributed by atoms with Crippen LogP contribution in [0.2, 0.25) is 0 Å². The summed E-state index contributed by atoms with van der Waals surface area (Å²) in [6, 6.07) is 17.5. The molecule has 0 aliphatic heterocycles. The summed E-state index contributed by atoms with van der Waals surface area (Å²) in [6.07, 6.45) is 1.93. The number of aryl methyl sites for hydroxylation is 1. The Labute approximate surface area is 146 Å². The smallest absolute Gasteiger partial charge is 0.227 e. The highest BCUT2D eigenvalue weighted by Crippen LogP contribution is 2.17. The van der Waals surface area contributed by atoms with Crippen LogP contribution in [0.15, 0.2) is 60.8 Å². The number of hydrogen-bond donors (Lipinski definition) is 0. The highest BCUT2D eigenvalue weighted by molar-refractivity contribution is 5.95. The largest absolute Gasteiger partial charge is 1.00 e. The first kappa shape index (κ1) is 17.2. The number of benzene rings is 2. The molecule has 3 nitrogen and oxygen atoms in total. The lowest BCUT2D eigenvalue weighted by Crippen LogP contribution is -3.00. The van der Waals surface area contributed by atoms with Gasteiger partial charge in [0.25, 0.3) is 0 Å². The Morgan fingerprint density at radius 3 is 2.52 bits per heavy atom. The van der Waals surface area contributed by atoms with E-state index in [0.29, 0.717) is 6.54 Å². The Bertz CT molecular complexity index is 828. The number of aromatic nitrogens is 1. The van der Waals surface area contributed by atoms with Crippen molar-refractivity contribution in [2.24, 2.45) is 0 Å². The van der Waals surface area contributed by atoms with E-state index in [4.69, 9.17) is 4.74 Å². The van der Waals surface area contributed by atoms with Crippen LogP contribution in [-0.4, -0.2) is 12.9 Å². The average Bonchev–Trinajstić information content (AvgIpc) is 2.55. The zero-order chi connectivity index (χ0) is 15.5. The first-order chi connectivity index (χ1) is 10.7. The first-order valence-electron chi connectivity index (χ1n) is 7.23. The van der Waals surface area contributed by atoms with Crippen LogP contribution in [0.25, 0.3) is 10.9 Å². The molecule has 4 heteroatoms. The summed E-state index contributed by atoms with van der Waals surface area (Å²) in [6.45, 7) is 2.34. The number of halogens is 1. The van der Waals surface area contributed by atoms with E-state index in [1.54, 1.807) is 7.11 Å². The first-order valence-corrected chi connectivity index (χ1v) is 7.23. The van der Waals surface area contributed by atoms with Crippen molar-refractivity contribution in [3.63, 3.8) is 0 Å². The van der Waals surface area contributed by atoms with Gasteiger partial charge in [-0.2, -0.15) is 4.57 Å². The van der Waals surface area contributed by atoms with Gasteiger partial charge in [0.05, 0.1) is 12.5 Å². The Balaban J connectivity index is 0.00000192. The predicted octanol–water partition coefficient (Wildman–Crippen LogP) is 0.331. The maximum Gasteiger partial charge on any atom is 0.227 e. The average molecular weight is 372 g/mol. The molecular formula is C19H18BrNO2. The van der Waals surface area contributed by atoms with Crippen molar-refractivity contribution in [3.05, 3.63) is 71.9 Å². The van der Waals surface area contributed by atoms with E-state index in [1.165, 1.54) is 0 Å². The maximum absolute atomic E-state index is 12.4. The number of methoxy groups -OCH3 is 1. The van der Waals surface area contributed by atoms with Crippen LogP contribution < -0.4 is 26.3 Å². The van der Waals surface area contributed by atoms with Gasteiger partial charge < -0.3 is 21.7 Å². The van der Waals surface area contributed by atoms with Crippen molar-refractivity contribution < 1.29 is 31.1 Å². The van der Waals surface area contributed by atoms with Crippen LogP contribution in [0.1, 0.15) is 15.9 Å². The van der Waals surface area contributed by atoms with Crippen molar-refractivity contribution in [2.45, 2.75) is 13.5 Å². The van der Waals surface area contributed by atoms with Gasteiger partial charge in [-0.15, -0.1) is 0 Å². The second-order valence-electron chi connectivity index (χ2n) is 5.35. The number of rotatable bonds is 4. The topological polar surface area (TPSA) is 30.2 Å². The highest BCUT2D eigenvalue weighted by Gasteiger charge is 2.15. The molecule has 0 N–H and O–H groups in total. The summed E-state index contributed by atoms with van der Waals surface area (Å²) >= 11 is 0. The van der Waals surface area contributed by atoms with Crippen molar-refractivity contribution in [1.82, 2.24) is 0 Å². The summed E-state index contributed by atoms with van der Waals surface area (Å²) in [5.74, 6) is 0.920. The fraction of sp³-hybridized carbons (Fsp3) is 0.158. The van der Waals surface area contributed by atoms with Gasteiger partial charge in [-0.1, -0.05) is 29.8 Å². The van der Waals surface area contributed by atoms with Crippen molar-refractivity contribution in [2.75, 3.05) is 7.11 Å². The minimum atomic E-state index is 0. The van der Waals surface area contributed by atoms with Crippen LogP contribution in [0.5, 0.6) is 5.75 Å². The van der Waals surface area contributed by atoms with Crippen LogP contribution in [0.3, 0.4) is 0 Å². The molecule has 23 heavy (non-hydrogen) atoms. The molecular weight excluding hydrogens is 354 g/mol. The third kappa shape index (κ3) is 3.77. The number of pyridine rings is 1. The van der Waals surface area contributed by atoms with E-state index in [-0.39, 0.29) is 22.8 Å². The summed E-state index contributed by atoms with van der Waals surface area (Å²) in [4.78, 5) is 12.4. The minimum Gasteiger partial charge on any atom is -1.00 e. The van der Waals surface area contributed by atoms with E-state index in [0.717, 1.165) is 27.8 Å². The van der Waals surface area contributed by atoms with Gasteiger partial charge in [-0.25, -0.2) is 0 Å². The monoisotopic (exact) mass is 371 g/mol. The lowest BCUT2D eigenvalue weighted by molar-refractivity contribution is -0.657. The van der Waals surface area contributed by atoms with Gasteiger partial charge in [0.15, 0.2) is 6.20 Å². The minimum absolute atomic E-state index is 0. The van der Waals surface area contributed by atoms with E-state index in [1.807, 2.05) is 72.3 Å². The van der Waals surface area contributed by atoms with E-state index < -0.39 is 0 Å². The number of carbonyl (C=O) groups excluding carboxylic acids is 1. The van der Waals surface area contributed by atoms with E-state index in [9.17, 15) is 4.79 Å². The van der Waals surface area contributed by atoms with Crippen LogP contribution >= 0.6 is 0 Å². The highest BCUT2D eigenvalue weighted by atomic mass is 79.9. The zero-order valence-electron chi connectivity index (χ0n) is 13.1. The molecule has 0 amide bonds. The van der Waals surface area contributed by atoms with Gasteiger partial charge >= 0.3 is 0 Å². The van der Waals surface area contributed by atoms with Gasteiger partial charge in [0.2, 0.25) is 17.8 Å². The molecule has 0 fully saturated rings. The van der Waals surface area contributed by atoms with Crippen LogP contribution in [0, 0.1) is 6.92 Å². The number of nitrogens with zero attached hydrogens (tertiary/aromatic N) is 1. The zero-order valence-corrected chi connectivity index (χ0v) is 14.7. The molecule has 0 aliphatic carbocycles. The molecule has 118 valence electrons. The number of fused-ring (bicyclic) bond motifs is 1.